The smallest absolute Gasteiger partial charge is 0.0998 e. The lowest BCUT2D eigenvalue weighted by Gasteiger charge is -2.23. The fourth-order valence-corrected chi connectivity index (χ4v) is 2.19. The first-order chi connectivity index (χ1) is 8.54. The summed E-state index contributed by atoms with van der Waals surface area (Å²) in [5.41, 5.74) is 4.16. The topological polar surface area (TPSA) is 23.8 Å². The van der Waals surface area contributed by atoms with E-state index >= 15 is 0 Å². The summed E-state index contributed by atoms with van der Waals surface area (Å²) in [6.07, 6.45) is 0. The molecule has 0 fully saturated rings. The van der Waals surface area contributed by atoms with E-state index in [0.717, 1.165) is 16.7 Å². The van der Waals surface area contributed by atoms with Gasteiger partial charge in [0.1, 0.15) is 0 Å². The Bertz CT molecular complexity index is 583. The average molecular weight is 235 g/mol. The highest BCUT2D eigenvalue weighted by atomic mass is 14.3. The zero-order valence-electron chi connectivity index (χ0n) is 11.1. The molecule has 2 rings (SSSR count). The van der Waals surface area contributed by atoms with E-state index in [1.165, 1.54) is 5.56 Å². The average Bonchev–Trinajstić information content (AvgIpc) is 2.38. The van der Waals surface area contributed by atoms with Gasteiger partial charge < -0.3 is 0 Å². The summed E-state index contributed by atoms with van der Waals surface area (Å²) < 4.78 is 0. The maximum atomic E-state index is 9.32. The summed E-state index contributed by atoms with van der Waals surface area (Å²) in [6.45, 7) is 6.53. The van der Waals surface area contributed by atoms with Crippen molar-refractivity contribution in [1.82, 2.24) is 0 Å². The Morgan fingerprint density at radius 1 is 0.889 bits per heavy atom. The Labute approximate surface area is 109 Å². The van der Waals surface area contributed by atoms with Crippen LogP contribution in [0.2, 0.25) is 0 Å². The van der Waals surface area contributed by atoms with Crippen molar-refractivity contribution in [3.05, 3.63) is 59.7 Å². The van der Waals surface area contributed by atoms with Crippen LogP contribution < -0.4 is 0 Å². The van der Waals surface area contributed by atoms with Gasteiger partial charge in [0.2, 0.25) is 0 Å². The molecule has 0 saturated heterocycles. The van der Waals surface area contributed by atoms with Gasteiger partial charge in [0, 0.05) is 5.56 Å². The molecular weight excluding hydrogens is 218 g/mol. The van der Waals surface area contributed by atoms with Crippen molar-refractivity contribution >= 4 is 0 Å². The van der Waals surface area contributed by atoms with Crippen molar-refractivity contribution in [1.29, 1.82) is 5.26 Å². The van der Waals surface area contributed by atoms with Gasteiger partial charge in [0.05, 0.1) is 11.6 Å². The van der Waals surface area contributed by atoms with Gasteiger partial charge in [0.25, 0.3) is 0 Å². The maximum absolute atomic E-state index is 9.32. The summed E-state index contributed by atoms with van der Waals surface area (Å²) in [4.78, 5) is 0. The van der Waals surface area contributed by atoms with E-state index in [1.54, 1.807) is 0 Å². The third-order valence-corrected chi connectivity index (χ3v) is 3.06. The van der Waals surface area contributed by atoms with Crippen LogP contribution >= 0.6 is 0 Å². The number of hydrogen-bond acceptors (Lipinski definition) is 1. The van der Waals surface area contributed by atoms with Crippen LogP contribution in [0.25, 0.3) is 11.1 Å². The summed E-state index contributed by atoms with van der Waals surface area (Å²) in [5.74, 6) is 0. The lowest BCUT2D eigenvalue weighted by atomic mass is 9.80. The lowest BCUT2D eigenvalue weighted by Crippen LogP contribution is -2.13. The first kappa shape index (κ1) is 12.4. The van der Waals surface area contributed by atoms with Crippen LogP contribution in [0, 0.1) is 11.3 Å². The summed E-state index contributed by atoms with van der Waals surface area (Å²) in [6, 6.07) is 18.4. The van der Waals surface area contributed by atoms with E-state index in [9.17, 15) is 5.26 Å². The molecule has 0 unspecified atom stereocenters. The van der Waals surface area contributed by atoms with Gasteiger partial charge in [-0.25, -0.2) is 0 Å². The second-order valence-corrected chi connectivity index (χ2v) is 5.46. The van der Waals surface area contributed by atoms with Gasteiger partial charge in [-0.05, 0) is 22.6 Å². The number of rotatable bonds is 1. The minimum absolute atomic E-state index is 0.0258. The fraction of sp³-hybridized carbons (Fsp3) is 0.235. The van der Waals surface area contributed by atoms with Crippen molar-refractivity contribution in [3.63, 3.8) is 0 Å². The second-order valence-electron chi connectivity index (χ2n) is 5.46. The van der Waals surface area contributed by atoms with Crippen molar-refractivity contribution in [2.24, 2.45) is 0 Å². The highest BCUT2D eigenvalue weighted by Gasteiger charge is 2.20. The molecule has 18 heavy (non-hydrogen) atoms. The minimum Gasteiger partial charge on any atom is -0.192 e. The second kappa shape index (κ2) is 4.66. The van der Waals surface area contributed by atoms with Crippen LogP contribution in [0.1, 0.15) is 31.9 Å². The highest BCUT2D eigenvalue weighted by Crippen LogP contribution is 2.35. The molecular formula is C17H17N. The van der Waals surface area contributed by atoms with Crippen LogP contribution in [0.5, 0.6) is 0 Å². The Kier molecular flexibility index (Phi) is 3.21. The predicted molar refractivity (Wildman–Crippen MR) is 75.3 cm³/mol. The number of nitrogens with zero attached hydrogens (tertiary/aromatic N) is 1. The van der Waals surface area contributed by atoms with Crippen LogP contribution in [0.4, 0.5) is 0 Å². The maximum Gasteiger partial charge on any atom is 0.0998 e. The molecule has 0 aliphatic heterocycles. The molecule has 0 atom stereocenters. The number of nitriles is 1. The van der Waals surface area contributed by atoms with E-state index < -0.39 is 0 Å². The third-order valence-electron chi connectivity index (χ3n) is 3.06. The van der Waals surface area contributed by atoms with Gasteiger partial charge >= 0.3 is 0 Å². The zero-order chi connectivity index (χ0) is 13.2. The summed E-state index contributed by atoms with van der Waals surface area (Å²) >= 11 is 0. The number of hydrogen-bond donors (Lipinski definition) is 0. The Morgan fingerprint density at radius 3 is 2.11 bits per heavy atom. The van der Waals surface area contributed by atoms with Crippen LogP contribution in [0.3, 0.4) is 0 Å². The van der Waals surface area contributed by atoms with Gasteiger partial charge in [0.15, 0.2) is 0 Å². The molecule has 2 aromatic carbocycles. The molecule has 0 aromatic heterocycles. The van der Waals surface area contributed by atoms with Crippen molar-refractivity contribution in [2.75, 3.05) is 0 Å². The number of benzene rings is 2. The molecule has 0 amide bonds. The molecule has 0 spiro atoms. The quantitative estimate of drug-likeness (QED) is 0.712. The van der Waals surface area contributed by atoms with Crippen LogP contribution in [0.15, 0.2) is 48.5 Å². The van der Waals surface area contributed by atoms with E-state index in [0.29, 0.717) is 0 Å². The molecule has 0 aliphatic rings. The Hall–Kier alpha value is -2.07. The SMILES string of the molecule is CC(C)(C)c1cccc(C#N)c1-c1ccccc1. The zero-order valence-corrected chi connectivity index (χ0v) is 11.1. The Morgan fingerprint density at radius 2 is 1.56 bits per heavy atom. The molecule has 1 heteroatoms. The third kappa shape index (κ3) is 2.28. The first-order valence-corrected chi connectivity index (χ1v) is 6.13. The van der Waals surface area contributed by atoms with Crippen LogP contribution in [-0.4, -0.2) is 0 Å². The predicted octanol–water partition coefficient (Wildman–Crippen LogP) is 4.52. The van der Waals surface area contributed by atoms with Crippen LogP contribution in [-0.2, 0) is 5.41 Å². The van der Waals surface area contributed by atoms with E-state index in [4.69, 9.17) is 0 Å². The molecule has 0 saturated carbocycles. The van der Waals surface area contributed by atoms with Gasteiger partial charge in [-0.1, -0.05) is 63.2 Å². The van der Waals surface area contributed by atoms with Crippen molar-refractivity contribution in [3.8, 4) is 17.2 Å². The van der Waals surface area contributed by atoms with Gasteiger partial charge in [-0.2, -0.15) is 5.26 Å². The van der Waals surface area contributed by atoms with E-state index in [1.807, 2.05) is 30.3 Å². The molecule has 0 aliphatic carbocycles. The van der Waals surface area contributed by atoms with Crippen molar-refractivity contribution in [2.45, 2.75) is 26.2 Å². The molecule has 90 valence electrons. The largest absolute Gasteiger partial charge is 0.192 e. The molecule has 0 heterocycles. The molecule has 1 nitrogen and oxygen atoms in total. The normalized spacial score (nSPS) is 11.0. The minimum atomic E-state index is 0.0258. The molecule has 0 radical (unpaired) electrons. The standard InChI is InChI=1S/C17H17N/c1-17(2,3)15-11-7-10-14(12-18)16(15)13-8-5-4-6-9-13/h4-11H,1-3H3. The fourth-order valence-electron chi connectivity index (χ4n) is 2.19. The van der Waals surface area contributed by atoms with Gasteiger partial charge in [-0.15, -0.1) is 0 Å². The summed E-state index contributed by atoms with van der Waals surface area (Å²) in [5, 5.41) is 9.32. The highest BCUT2D eigenvalue weighted by molar-refractivity contribution is 5.75. The monoisotopic (exact) mass is 235 g/mol. The lowest BCUT2D eigenvalue weighted by molar-refractivity contribution is 0.592. The summed E-state index contributed by atoms with van der Waals surface area (Å²) in [7, 11) is 0. The first-order valence-electron chi connectivity index (χ1n) is 6.13. The van der Waals surface area contributed by atoms with E-state index in [-0.39, 0.29) is 5.41 Å². The molecule has 2 aromatic rings. The Balaban J connectivity index is 2.76. The van der Waals surface area contributed by atoms with Crippen molar-refractivity contribution < 1.29 is 0 Å². The molecule has 0 bridgehead atoms. The molecule has 0 N–H and O–H groups in total. The van der Waals surface area contributed by atoms with Gasteiger partial charge in [-0.3, -0.25) is 0 Å². The van der Waals surface area contributed by atoms with E-state index in [2.05, 4.69) is 45.0 Å².